The second kappa shape index (κ2) is 6.51. The summed E-state index contributed by atoms with van der Waals surface area (Å²) in [6.07, 6.45) is 1.23. The van der Waals surface area contributed by atoms with Gasteiger partial charge in [0.05, 0.1) is 5.54 Å². The molecule has 1 saturated heterocycles. The van der Waals surface area contributed by atoms with Crippen LogP contribution in [-0.2, 0) is 4.74 Å². The molecule has 1 aliphatic rings. The van der Waals surface area contributed by atoms with Crippen LogP contribution in [-0.4, -0.2) is 45.3 Å². The zero-order chi connectivity index (χ0) is 19.1. The highest BCUT2D eigenvalue weighted by Gasteiger charge is 2.42. The Hall–Kier alpha value is -2.20. The van der Waals surface area contributed by atoms with Gasteiger partial charge in [0.2, 0.25) is 0 Å². The molecule has 0 spiro atoms. The van der Waals surface area contributed by atoms with Gasteiger partial charge in [-0.25, -0.2) is 25.6 Å². The zero-order valence-electron chi connectivity index (χ0n) is 15.1. The Labute approximate surface area is 159 Å². The van der Waals surface area contributed by atoms with Crippen LogP contribution in [0.5, 0.6) is 0 Å². The number of anilines is 2. The Morgan fingerprint density at radius 1 is 1.38 bits per heavy atom. The standard InChI is InChI=1S/C16H22BrN7O2/c1-15(2,3)26-14(25)22-16(4)7-24(8-16)13-12(23-18)20-10-5-9(17)6-19-11(10)21-13/h5-6H,7-8,18H2,1-4H3,(H,20,23)(H,22,25). The predicted octanol–water partition coefficient (Wildman–Crippen LogP) is 2.18. The van der Waals surface area contributed by atoms with Crippen molar-refractivity contribution < 1.29 is 9.53 Å². The summed E-state index contributed by atoms with van der Waals surface area (Å²) in [5, 5.41) is 2.91. The normalized spacial score (nSPS) is 16.2. The SMILES string of the molecule is CC1(NC(=O)OC(C)(C)C)CN(c2nc3ncc(Br)cc3nc2NN)C1. The first kappa shape index (κ1) is 18.6. The van der Waals surface area contributed by atoms with Crippen LogP contribution in [0.4, 0.5) is 16.4 Å². The van der Waals surface area contributed by atoms with E-state index in [2.05, 4.69) is 41.6 Å². The number of ether oxygens (including phenoxy) is 1. The number of hydrogen-bond donors (Lipinski definition) is 3. The fourth-order valence-corrected chi connectivity index (χ4v) is 3.13. The first-order valence-electron chi connectivity index (χ1n) is 8.15. The summed E-state index contributed by atoms with van der Waals surface area (Å²) in [6, 6.07) is 1.82. The van der Waals surface area contributed by atoms with Crippen LogP contribution in [0.1, 0.15) is 27.7 Å². The van der Waals surface area contributed by atoms with Gasteiger partial charge < -0.3 is 20.4 Å². The van der Waals surface area contributed by atoms with Crippen molar-refractivity contribution in [2.45, 2.75) is 38.8 Å². The van der Waals surface area contributed by atoms with Gasteiger partial charge in [0.25, 0.3) is 0 Å². The topological polar surface area (TPSA) is 118 Å². The summed E-state index contributed by atoms with van der Waals surface area (Å²) >= 11 is 3.37. The molecule has 4 N–H and O–H groups in total. The van der Waals surface area contributed by atoms with Crippen LogP contribution in [0.25, 0.3) is 11.2 Å². The molecule has 1 aliphatic heterocycles. The number of aromatic nitrogens is 3. The third-order valence-electron chi connectivity index (χ3n) is 3.79. The summed E-state index contributed by atoms with van der Waals surface area (Å²) < 4.78 is 6.13. The van der Waals surface area contributed by atoms with Crippen LogP contribution < -0.4 is 21.5 Å². The van der Waals surface area contributed by atoms with E-state index in [0.29, 0.717) is 35.9 Å². The van der Waals surface area contributed by atoms with Gasteiger partial charge in [-0.1, -0.05) is 0 Å². The number of hydrazine groups is 1. The number of nitrogens with two attached hydrogens (primary N) is 1. The van der Waals surface area contributed by atoms with Crippen molar-refractivity contribution in [1.82, 2.24) is 20.3 Å². The van der Waals surface area contributed by atoms with Crippen LogP contribution >= 0.6 is 15.9 Å². The zero-order valence-corrected chi connectivity index (χ0v) is 16.7. The third kappa shape index (κ3) is 3.96. The minimum absolute atomic E-state index is 0.419. The number of carbonyl (C=O) groups is 1. The minimum atomic E-state index is -0.537. The fourth-order valence-electron chi connectivity index (χ4n) is 2.81. The maximum absolute atomic E-state index is 12.0. The highest BCUT2D eigenvalue weighted by molar-refractivity contribution is 9.10. The highest BCUT2D eigenvalue weighted by atomic mass is 79.9. The van der Waals surface area contributed by atoms with Crippen molar-refractivity contribution in [2.24, 2.45) is 5.84 Å². The van der Waals surface area contributed by atoms with Gasteiger partial charge in [-0.2, -0.15) is 0 Å². The predicted molar refractivity (Wildman–Crippen MR) is 103 cm³/mol. The molecule has 2 aromatic heterocycles. The lowest BCUT2D eigenvalue weighted by Crippen LogP contribution is -2.69. The number of hydrogen-bond acceptors (Lipinski definition) is 8. The lowest BCUT2D eigenvalue weighted by Gasteiger charge is -2.48. The van der Waals surface area contributed by atoms with E-state index in [1.807, 2.05) is 38.7 Å². The molecule has 1 amide bonds. The van der Waals surface area contributed by atoms with Gasteiger partial charge in [0.1, 0.15) is 11.1 Å². The number of fused-ring (bicyclic) bond motifs is 1. The summed E-state index contributed by atoms with van der Waals surface area (Å²) in [6.45, 7) is 8.55. The Balaban J connectivity index is 1.75. The lowest BCUT2D eigenvalue weighted by atomic mass is 9.92. The molecule has 1 fully saturated rings. The van der Waals surface area contributed by atoms with E-state index < -0.39 is 17.2 Å². The van der Waals surface area contributed by atoms with Gasteiger partial charge in [-0.3, -0.25) is 0 Å². The number of amides is 1. The second-order valence-corrected chi connectivity index (χ2v) is 8.50. The van der Waals surface area contributed by atoms with Crippen LogP contribution in [0.3, 0.4) is 0 Å². The molecule has 2 aromatic rings. The van der Waals surface area contributed by atoms with E-state index in [1.165, 1.54) is 0 Å². The van der Waals surface area contributed by atoms with Crippen molar-refractivity contribution >= 4 is 44.8 Å². The number of nitrogen functional groups attached to an aromatic ring is 1. The number of rotatable bonds is 3. The van der Waals surface area contributed by atoms with Crippen LogP contribution in [0.2, 0.25) is 0 Å². The largest absolute Gasteiger partial charge is 0.444 e. The first-order chi connectivity index (χ1) is 12.1. The molecule has 0 saturated carbocycles. The number of pyridine rings is 1. The number of alkyl carbamates (subject to hydrolysis) is 1. The molecular formula is C16H22BrN7O2. The van der Waals surface area contributed by atoms with Gasteiger partial charge in [0.15, 0.2) is 17.3 Å². The van der Waals surface area contributed by atoms with E-state index in [0.717, 1.165) is 4.47 Å². The molecule has 10 heteroatoms. The molecule has 3 heterocycles. The maximum atomic E-state index is 12.0. The van der Waals surface area contributed by atoms with E-state index in [-0.39, 0.29) is 0 Å². The van der Waals surface area contributed by atoms with Crippen molar-refractivity contribution in [3.8, 4) is 0 Å². The summed E-state index contributed by atoms with van der Waals surface area (Å²) in [5.74, 6) is 6.66. The molecule has 26 heavy (non-hydrogen) atoms. The number of nitrogens with one attached hydrogen (secondary N) is 2. The minimum Gasteiger partial charge on any atom is -0.444 e. The average Bonchev–Trinajstić information content (AvgIpc) is 2.49. The molecule has 9 nitrogen and oxygen atoms in total. The monoisotopic (exact) mass is 423 g/mol. The van der Waals surface area contributed by atoms with Gasteiger partial charge in [-0.15, -0.1) is 0 Å². The molecule has 3 rings (SSSR count). The Morgan fingerprint density at radius 3 is 2.69 bits per heavy atom. The maximum Gasteiger partial charge on any atom is 0.408 e. The molecule has 0 unspecified atom stereocenters. The average molecular weight is 424 g/mol. The van der Waals surface area contributed by atoms with E-state index >= 15 is 0 Å². The number of carbonyl (C=O) groups excluding carboxylic acids is 1. The third-order valence-corrected chi connectivity index (χ3v) is 4.22. The lowest BCUT2D eigenvalue weighted by molar-refractivity contribution is 0.0445. The summed E-state index contributed by atoms with van der Waals surface area (Å²) in [5.41, 5.74) is 2.78. The smallest absolute Gasteiger partial charge is 0.408 e. The fraction of sp³-hybridized carbons (Fsp3) is 0.500. The van der Waals surface area contributed by atoms with Crippen LogP contribution in [0.15, 0.2) is 16.7 Å². The van der Waals surface area contributed by atoms with E-state index in [4.69, 9.17) is 10.6 Å². The van der Waals surface area contributed by atoms with Crippen molar-refractivity contribution in [3.63, 3.8) is 0 Å². The van der Waals surface area contributed by atoms with Crippen molar-refractivity contribution in [1.29, 1.82) is 0 Å². The molecule has 0 aromatic carbocycles. The molecule has 0 aliphatic carbocycles. The first-order valence-corrected chi connectivity index (χ1v) is 8.94. The Morgan fingerprint density at radius 2 is 2.08 bits per heavy atom. The molecule has 0 bridgehead atoms. The second-order valence-electron chi connectivity index (χ2n) is 7.58. The van der Waals surface area contributed by atoms with Gasteiger partial charge >= 0.3 is 6.09 Å². The molecule has 0 radical (unpaired) electrons. The van der Waals surface area contributed by atoms with Gasteiger partial charge in [0, 0.05) is 23.8 Å². The Bertz CT molecular complexity index is 846. The molecular weight excluding hydrogens is 402 g/mol. The van der Waals surface area contributed by atoms with Crippen LogP contribution in [0, 0.1) is 0 Å². The quantitative estimate of drug-likeness (QED) is 0.507. The molecule has 140 valence electrons. The van der Waals surface area contributed by atoms with E-state index in [9.17, 15) is 4.79 Å². The number of nitrogens with zero attached hydrogens (tertiary/aromatic N) is 4. The number of halogens is 1. The summed E-state index contributed by atoms with van der Waals surface area (Å²) in [4.78, 5) is 27.3. The van der Waals surface area contributed by atoms with Gasteiger partial charge in [-0.05, 0) is 49.7 Å². The Kier molecular flexibility index (Phi) is 4.65. The van der Waals surface area contributed by atoms with Crippen molar-refractivity contribution in [2.75, 3.05) is 23.4 Å². The van der Waals surface area contributed by atoms with Crippen molar-refractivity contribution in [3.05, 3.63) is 16.7 Å². The van der Waals surface area contributed by atoms with E-state index in [1.54, 1.807) is 6.20 Å². The highest BCUT2D eigenvalue weighted by Crippen LogP contribution is 2.32. The summed E-state index contributed by atoms with van der Waals surface area (Å²) in [7, 11) is 0. The molecule has 0 atom stereocenters.